The number of hydrogen-bond donors (Lipinski definition) is 2. The van der Waals surface area contributed by atoms with Crippen LogP contribution in [0.2, 0.25) is 0 Å². The fraction of sp³-hybridized carbons (Fsp3) is 0.400. The number of para-hydroxylation sites is 1. The zero-order valence-electron chi connectivity index (χ0n) is 10.4. The minimum absolute atomic E-state index is 0.178. The summed E-state index contributed by atoms with van der Waals surface area (Å²) in [6.07, 6.45) is 7.62. The molecule has 0 atom stereocenters. The molecule has 1 saturated carbocycles. The molecular formula is C15H18N2O. The van der Waals surface area contributed by atoms with Crippen LogP contribution in [0.4, 0.5) is 5.69 Å². The molecule has 1 aromatic heterocycles. The maximum atomic E-state index is 12.2. The molecule has 1 aliphatic rings. The zero-order chi connectivity index (χ0) is 12.4. The first-order valence-electron chi connectivity index (χ1n) is 6.71. The van der Waals surface area contributed by atoms with Gasteiger partial charge in [0.25, 0.3) is 0 Å². The first-order valence-corrected chi connectivity index (χ1v) is 6.71. The van der Waals surface area contributed by atoms with Gasteiger partial charge >= 0.3 is 0 Å². The van der Waals surface area contributed by atoms with Crippen LogP contribution >= 0.6 is 0 Å². The quantitative estimate of drug-likeness (QED) is 0.828. The lowest BCUT2D eigenvalue weighted by atomic mass is 9.88. The van der Waals surface area contributed by atoms with Crippen molar-refractivity contribution in [1.82, 2.24) is 4.98 Å². The molecule has 0 saturated heterocycles. The second-order valence-electron chi connectivity index (χ2n) is 5.07. The van der Waals surface area contributed by atoms with Gasteiger partial charge in [0.05, 0.1) is 11.2 Å². The number of nitrogens with one attached hydrogen (secondary N) is 2. The highest BCUT2D eigenvalue weighted by Crippen LogP contribution is 2.27. The lowest BCUT2D eigenvalue weighted by Crippen LogP contribution is -2.24. The highest BCUT2D eigenvalue weighted by Gasteiger charge is 2.21. The molecule has 18 heavy (non-hydrogen) atoms. The molecule has 3 nitrogen and oxygen atoms in total. The number of anilines is 1. The highest BCUT2D eigenvalue weighted by atomic mass is 16.1. The standard InChI is InChI=1S/C15H18N2O/c18-15(12-5-2-1-3-6-12)17-13-8-4-7-11-9-10-16-14(11)13/h4,7-10,12,16H,1-3,5-6H2,(H,17,18). The number of aromatic amines is 1. The maximum absolute atomic E-state index is 12.2. The molecule has 0 aliphatic heterocycles. The van der Waals surface area contributed by atoms with Crippen LogP contribution in [0.3, 0.4) is 0 Å². The van der Waals surface area contributed by atoms with Crippen LogP contribution in [0.25, 0.3) is 10.9 Å². The molecule has 1 aliphatic carbocycles. The third kappa shape index (κ3) is 2.13. The van der Waals surface area contributed by atoms with Gasteiger partial charge in [0.1, 0.15) is 0 Å². The summed E-state index contributed by atoms with van der Waals surface area (Å²) in [4.78, 5) is 15.4. The molecular weight excluding hydrogens is 224 g/mol. The SMILES string of the molecule is O=C(Nc1cccc2cc[nH]c12)C1CCCCC1. The Bertz CT molecular complexity index is 552. The van der Waals surface area contributed by atoms with Gasteiger partial charge in [-0.25, -0.2) is 0 Å². The second-order valence-corrected chi connectivity index (χ2v) is 5.07. The summed E-state index contributed by atoms with van der Waals surface area (Å²) in [5.41, 5.74) is 1.91. The molecule has 1 aromatic carbocycles. The summed E-state index contributed by atoms with van der Waals surface area (Å²) in [7, 11) is 0. The van der Waals surface area contributed by atoms with Crippen LogP contribution in [0.1, 0.15) is 32.1 Å². The largest absolute Gasteiger partial charge is 0.359 e. The van der Waals surface area contributed by atoms with E-state index in [1.165, 1.54) is 19.3 Å². The van der Waals surface area contributed by atoms with E-state index in [0.29, 0.717) is 0 Å². The summed E-state index contributed by atoms with van der Waals surface area (Å²) in [6, 6.07) is 8.00. The van der Waals surface area contributed by atoms with Crippen molar-refractivity contribution in [3.63, 3.8) is 0 Å². The lowest BCUT2D eigenvalue weighted by Gasteiger charge is -2.20. The molecule has 94 valence electrons. The number of hydrogen-bond acceptors (Lipinski definition) is 1. The van der Waals surface area contributed by atoms with Crippen molar-refractivity contribution < 1.29 is 4.79 Å². The maximum Gasteiger partial charge on any atom is 0.227 e. The van der Waals surface area contributed by atoms with Gasteiger partial charge in [0, 0.05) is 17.5 Å². The van der Waals surface area contributed by atoms with Crippen LogP contribution in [0.5, 0.6) is 0 Å². The van der Waals surface area contributed by atoms with Gasteiger partial charge in [0.2, 0.25) is 5.91 Å². The van der Waals surface area contributed by atoms with Crippen LogP contribution < -0.4 is 5.32 Å². The van der Waals surface area contributed by atoms with Crippen LogP contribution in [-0.2, 0) is 4.79 Å². The zero-order valence-corrected chi connectivity index (χ0v) is 10.4. The van der Waals surface area contributed by atoms with Gasteiger partial charge in [-0.3, -0.25) is 4.79 Å². The molecule has 1 heterocycles. The highest BCUT2D eigenvalue weighted by molar-refractivity contribution is 6.01. The van der Waals surface area contributed by atoms with Gasteiger partial charge in [-0.15, -0.1) is 0 Å². The number of carbonyl (C=O) groups excluding carboxylic acids is 1. The Hall–Kier alpha value is -1.77. The lowest BCUT2D eigenvalue weighted by molar-refractivity contribution is -0.120. The van der Waals surface area contributed by atoms with Gasteiger partial charge in [0.15, 0.2) is 0 Å². The van der Waals surface area contributed by atoms with Gasteiger partial charge in [-0.05, 0) is 25.0 Å². The van der Waals surface area contributed by atoms with E-state index < -0.39 is 0 Å². The predicted molar refractivity (Wildman–Crippen MR) is 73.5 cm³/mol. The van der Waals surface area contributed by atoms with Crippen molar-refractivity contribution in [2.45, 2.75) is 32.1 Å². The van der Waals surface area contributed by atoms with E-state index >= 15 is 0 Å². The normalized spacial score (nSPS) is 16.9. The van der Waals surface area contributed by atoms with Gasteiger partial charge in [-0.1, -0.05) is 31.4 Å². The molecule has 2 aromatic rings. The smallest absolute Gasteiger partial charge is 0.227 e. The molecule has 0 spiro atoms. The Morgan fingerprint density at radius 3 is 2.83 bits per heavy atom. The van der Waals surface area contributed by atoms with E-state index in [0.717, 1.165) is 29.4 Å². The summed E-state index contributed by atoms with van der Waals surface area (Å²) in [5.74, 6) is 0.376. The summed E-state index contributed by atoms with van der Waals surface area (Å²) in [5, 5.41) is 4.21. The van der Waals surface area contributed by atoms with Crippen LogP contribution in [0.15, 0.2) is 30.5 Å². The Morgan fingerprint density at radius 2 is 2.00 bits per heavy atom. The van der Waals surface area contributed by atoms with E-state index in [2.05, 4.69) is 10.3 Å². The molecule has 0 bridgehead atoms. The Kier molecular flexibility index (Phi) is 3.05. The van der Waals surface area contributed by atoms with Crippen LogP contribution in [0, 0.1) is 5.92 Å². The van der Waals surface area contributed by atoms with Crippen molar-refractivity contribution in [3.8, 4) is 0 Å². The van der Waals surface area contributed by atoms with Gasteiger partial charge in [-0.2, -0.15) is 0 Å². The number of amides is 1. The van der Waals surface area contributed by atoms with Crippen molar-refractivity contribution in [1.29, 1.82) is 0 Å². The topological polar surface area (TPSA) is 44.9 Å². The summed E-state index contributed by atoms with van der Waals surface area (Å²) >= 11 is 0. The van der Waals surface area contributed by atoms with Crippen molar-refractivity contribution in [2.75, 3.05) is 5.32 Å². The van der Waals surface area contributed by atoms with E-state index in [-0.39, 0.29) is 11.8 Å². The van der Waals surface area contributed by atoms with E-state index in [1.807, 2.05) is 30.5 Å². The van der Waals surface area contributed by atoms with Crippen LogP contribution in [-0.4, -0.2) is 10.9 Å². The number of H-pyrrole nitrogens is 1. The minimum Gasteiger partial charge on any atom is -0.359 e. The molecule has 0 unspecified atom stereocenters. The monoisotopic (exact) mass is 242 g/mol. The first kappa shape index (κ1) is 11.3. The molecule has 0 radical (unpaired) electrons. The second kappa shape index (κ2) is 4.84. The third-order valence-electron chi connectivity index (χ3n) is 3.82. The number of rotatable bonds is 2. The van der Waals surface area contributed by atoms with E-state index in [4.69, 9.17) is 0 Å². The first-order chi connectivity index (χ1) is 8.84. The third-order valence-corrected chi connectivity index (χ3v) is 3.82. The van der Waals surface area contributed by atoms with E-state index in [9.17, 15) is 4.79 Å². The molecule has 3 heteroatoms. The summed E-state index contributed by atoms with van der Waals surface area (Å²) < 4.78 is 0. The average molecular weight is 242 g/mol. The number of carbonyl (C=O) groups is 1. The predicted octanol–water partition coefficient (Wildman–Crippen LogP) is 3.69. The van der Waals surface area contributed by atoms with E-state index in [1.54, 1.807) is 0 Å². The molecule has 3 rings (SSSR count). The van der Waals surface area contributed by atoms with Gasteiger partial charge < -0.3 is 10.3 Å². The Morgan fingerprint density at radius 1 is 1.17 bits per heavy atom. The number of fused-ring (bicyclic) bond motifs is 1. The minimum atomic E-state index is 0.178. The molecule has 1 fully saturated rings. The van der Waals surface area contributed by atoms with Crippen molar-refractivity contribution in [3.05, 3.63) is 30.5 Å². The number of benzene rings is 1. The fourth-order valence-corrected chi connectivity index (χ4v) is 2.79. The van der Waals surface area contributed by atoms with Crippen molar-refractivity contribution >= 4 is 22.5 Å². The molecule has 2 N–H and O–H groups in total. The fourth-order valence-electron chi connectivity index (χ4n) is 2.79. The number of aromatic nitrogens is 1. The summed E-state index contributed by atoms with van der Waals surface area (Å²) in [6.45, 7) is 0. The van der Waals surface area contributed by atoms with Crippen molar-refractivity contribution in [2.24, 2.45) is 5.92 Å². The Labute approximate surface area is 107 Å². The molecule has 1 amide bonds. The average Bonchev–Trinajstić information content (AvgIpc) is 2.89. The Balaban J connectivity index is 1.79.